The standard InChI is InChI=1S/C7H7FNO/c8-6-2-1-5(4-10)7(9)3-6/h1-3,9-10H,4H2. The van der Waals surface area contributed by atoms with Crippen molar-refractivity contribution in [2.75, 3.05) is 0 Å². The first-order valence-electron chi connectivity index (χ1n) is 2.85. The number of hydrogen-bond acceptors (Lipinski definition) is 1. The van der Waals surface area contributed by atoms with Gasteiger partial charge >= 0.3 is 0 Å². The first-order chi connectivity index (χ1) is 4.74. The van der Waals surface area contributed by atoms with E-state index in [0.717, 1.165) is 6.07 Å². The zero-order chi connectivity index (χ0) is 7.56. The Morgan fingerprint density at radius 1 is 1.50 bits per heavy atom. The summed E-state index contributed by atoms with van der Waals surface area (Å²) >= 11 is 0. The van der Waals surface area contributed by atoms with Crippen molar-refractivity contribution >= 4 is 5.69 Å². The predicted octanol–water partition coefficient (Wildman–Crippen LogP) is 1.23. The third-order valence-electron chi connectivity index (χ3n) is 1.24. The molecule has 0 bridgehead atoms. The van der Waals surface area contributed by atoms with E-state index in [1.807, 2.05) is 0 Å². The Hall–Kier alpha value is -1.09. The Kier molecular flexibility index (Phi) is 1.87. The van der Waals surface area contributed by atoms with Crippen LogP contribution in [0.2, 0.25) is 0 Å². The maximum atomic E-state index is 12.3. The van der Waals surface area contributed by atoms with Gasteiger partial charge in [-0.25, -0.2) is 4.39 Å². The van der Waals surface area contributed by atoms with Gasteiger partial charge < -0.3 is 10.8 Å². The van der Waals surface area contributed by atoms with E-state index >= 15 is 0 Å². The van der Waals surface area contributed by atoms with Crippen LogP contribution in [0.1, 0.15) is 5.56 Å². The lowest BCUT2D eigenvalue weighted by Gasteiger charge is -1.98. The number of hydrogen-bond donors (Lipinski definition) is 1. The summed E-state index contributed by atoms with van der Waals surface area (Å²) in [6.07, 6.45) is 0. The molecule has 0 unspecified atom stereocenters. The summed E-state index contributed by atoms with van der Waals surface area (Å²) in [5.41, 5.74) is 7.60. The molecule has 0 amide bonds. The van der Waals surface area contributed by atoms with E-state index in [4.69, 9.17) is 10.8 Å². The highest BCUT2D eigenvalue weighted by atomic mass is 19.1. The van der Waals surface area contributed by atoms with Crippen molar-refractivity contribution < 1.29 is 9.50 Å². The summed E-state index contributed by atoms with van der Waals surface area (Å²) in [6, 6.07) is 3.70. The van der Waals surface area contributed by atoms with Gasteiger partial charge in [0.05, 0.1) is 12.3 Å². The Bertz CT molecular complexity index is 237. The van der Waals surface area contributed by atoms with Crippen LogP contribution in [0.5, 0.6) is 0 Å². The van der Waals surface area contributed by atoms with E-state index in [9.17, 15) is 4.39 Å². The van der Waals surface area contributed by atoms with Crippen molar-refractivity contribution in [3.8, 4) is 0 Å². The molecule has 0 spiro atoms. The highest BCUT2D eigenvalue weighted by Gasteiger charge is 1.98. The molecule has 0 saturated carbocycles. The highest BCUT2D eigenvalue weighted by Crippen LogP contribution is 2.13. The van der Waals surface area contributed by atoms with Crippen LogP contribution in [-0.4, -0.2) is 5.11 Å². The molecule has 0 heterocycles. The topological polar surface area (TPSA) is 44.0 Å². The van der Waals surface area contributed by atoms with Crippen molar-refractivity contribution in [1.82, 2.24) is 5.73 Å². The minimum absolute atomic E-state index is 0.0440. The number of aliphatic hydroxyl groups excluding tert-OH is 1. The lowest BCUT2D eigenvalue weighted by atomic mass is 10.2. The second-order valence-corrected chi connectivity index (χ2v) is 1.96. The molecule has 0 aliphatic carbocycles. The van der Waals surface area contributed by atoms with Crippen LogP contribution in [0, 0.1) is 5.82 Å². The van der Waals surface area contributed by atoms with Crippen molar-refractivity contribution in [3.05, 3.63) is 29.6 Å². The summed E-state index contributed by atoms with van der Waals surface area (Å²) < 4.78 is 12.3. The average Bonchev–Trinajstić information content (AvgIpc) is 1.88. The Labute approximate surface area is 58.1 Å². The van der Waals surface area contributed by atoms with Gasteiger partial charge in [-0.1, -0.05) is 6.07 Å². The number of aliphatic hydroxyl groups is 1. The van der Waals surface area contributed by atoms with Gasteiger partial charge in [-0.05, 0) is 12.1 Å². The molecule has 3 heteroatoms. The molecule has 0 aromatic heterocycles. The summed E-state index contributed by atoms with van der Waals surface area (Å²) in [4.78, 5) is 0. The molecule has 53 valence electrons. The third kappa shape index (κ3) is 1.25. The van der Waals surface area contributed by atoms with E-state index in [-0.39, 0.29) is 12.3 Å². The van der Waals surface area contributed by atoms with E-state index in [0.29, 0.717) is 5.56 Å². The van der Waals surface area contributed by atoms with Gasteiger partial charge in [0, 0.05) is 5.56 Å². The minimum atomic E-state index is -0.442. The Morgan fingerprint density at radius 3 is 2.70 bits per heavy atom. The molecule has 0 fully saturated rings. The van der Waals surface area contributed by atoms with Crippen LogP contribution in [0.15, 0.2) is 18.2 Å². The molecular formula is C7H7FNO. The van der Waals surface area contributed by atoms with Gasteiger partial charge in [-0.2, -0.15) is 0 Å². The average molecular weight is 140 g/mol. The quantitative estimate of drug-likeness (QED) is 0.626. The van der Waals surface area contributed by atoms with E-state index in [2.05, 4.69) is 0 Å². The summed E-state index contributed by atoms with van der Waals surface area (Å²) in [5.74, 6) is -0.442. The van der Waals surface area contributed by atoms with Crippen LogP contribution in [0.4, 0.5) is 10.1 Å². The predicted molar refractivity (Wildman–Crippen MR) is 35.1 cm³/mol. The van der Waals surface area contributed by atoms with Crippen LogP contribution >= 0.6 is 0 Å². The molecule has 2 nitrogen and oxygen atoms in total. The van der Waals surface area contributed by atoms with Crippen LogP contribution in [0.3, 0.4) is 0 Å². The van der Waals surface area contributed by atoms with E-state index in [1.54, 1.807) is 0 Å². The van der Waals surface area contributed by atoms with Crippen molar-refractivity contribution in [2.45, 2.75) is 6.61 Å². The van der Waals surface area contributed by atoms with Crippen molar-refractivity contribution in [3.63, 3.8) is 0 Å². The number of benzene rings is 1. The SMILES string of the molecule is [NH]c1cc(F)ccc1CO. The molecule has 1 aromatic carbocycles. The maximum absolute atomic E-state index is 12.3. The van der Waals surface area contributed by atoms with Gasteiger partial charge in [0.2, 0.25) is 0 Å². The Balaban J connectivity index is 3.07. The van der Waals surface area contributed by atoms with Gasteiger partial charge in [-0.15, -0.1) is 0 Å². The second kappa shape index (κ2) is 2.66. The molecule has 10 heavy (non-hydrogen) atoms. The number of halogens is 1. The molecule has 0 saturated heterocycles. The summed E-state index contributed by atoms with van der Waals surface area (Å²) in [5, 5.41) is 8.57. The number of nitrogens with one attached hydrogen (secondary N) is 1. The highest BCUT2D eigenvalue weighted by molar-refractivity contribution is 5.42. The minimum Gasteiger partial charge on any atom is -0.392 e. The lowest BCUT2D eigenvalue weighted by Crippen LogP contribution is -1.86. The zero-order valence-corrected chi connectivity index (χ0v) is 5.26. The third-order valence-corrected chi connectivity index (χ3v) is 1.24. The molecule has 0 aliphatic heterocycles. The molecule has 1 aromatic rings. The maximum Gasteiger partial charge on any atom is 0.125 e. The molecular weight excluding hydrogens is 133 g/mol. The fourth-order valence-electron chi connectivity index (χ4n) is 0.687. The van der Waals surface area contributed by atoms with Gasteiger partial charge in [0.25, 0.3) is 0 Å². The first kappa shape index (κ1) is 7.02. The van der Waals surface area contributed by atoms with Gasteiger partial charge in [-0.3, -0.25) is 0 Å². The van der Waals surface area contributed by atoms with Crippen LogP contribution in [0.25, 0.3) is 0 Å². The van der Waals surface area contributed by atoms with Crippen molar-refractivity contribution in [1.29, 1.82) is 0 Å². The Morgan fingerprint density at radius 2 is 2.20 bits per heavy atom. The fourth-order valence-corrected chi connectivity index (χ4v) is 0.687. The smallest absolute Gasteiger partial charge is 0.125 e. The van der Waals surface area contributed by atoms with E-state index in [1.165, 1.54) is 12.1 Å². The fraction of sp³-hybridized carbons (Fsp3) is 0.143. The lowest BCUT2D eigenvalue weighted by molar-refractivity contribution is 0.282. The second-order valence-electron chi connectivity index (χ2n) is 1.96. The van der Waals surface area contributed by atoms with Crippen LogP contribution < -0.4 is 5.73 Å². The number of rotatable bonds is 1. The largest absolute Gasteiger partial charge is 0.392 e. The molecule has 0 atom stereocenters. The van der Waals surface area contributed by atoms with Gasteiger partial charge in [0.1, 0.15) is 5.82 Å². The van der Waals surface area contributed by atoms with Gasteiger partial charge in [0.15, 0.2) is 0 Å². The first-order valence-corrected chi connectivity index (χ1v) is 2.85. The molecule has 1 radical (unpaired) electrons. The van der Waals surface area contributed by atoms with Crippen LogP contribution in [-0.2, 0) is 6.61 Å². The summed E-state index contributed by atoms with van der Waals surface area (Å²) in [7, 11) is 0. The van der Waals surface area contributed by atoms with E-state index < -0.39 is 5.82 Å². The molecule has 0 aliphatic rings. The zero-order valence-electron chi connectivity index (χ0n) is 5.26. The molecule has 1 rings (SSSR count). The molecule has 2 N–H and O–H groups in total. The summed E-state index contributed by atoms with van der Waals surface area (Å²) in [6.45, 7) is -0.209. The normalized spacial score (nSPS) is 9.80. The van der Waals surface area contributed by atoms with Crippen molar-refractivity contribution in [2.24, 2.45) is 0 Å². The monoisotopic (exact) mass is 140 g/mol.